The zero-order chi connectivity index (χ0) is 9.78. The molecule has 12 heavy (non-hydrogen) atoms. The summed E-state index contributed by atoms with van der Waals surface area (Å²) in [6, 6.07) is 0. The molecule has 5 nitrogen and oxygen atoms in total. The quantitative estimate of drug-likeness (QED) is 0.198. The van der Waals surface area contributed by atoms with Crippen molar-refractivity contribution in [1.29, 1.82) is 0 Å². The minimum absolute atomic E-state index is 0.621. The Labute approximate surface area is 71.2 Å². The third-order valence-corrected chi connectivity index (χ3v) is 1.54. The van der Waals surface area contributed by atoms with E-state index in [1.54, 1.807) is 19.3 Å². The fourth-order valence-electron chi connectivity index (χ4n) is 0.428. The zero-order valence-electron chi connectivity index (χ0n) is 7.51. The normalized spacial score (nSPS) is 10.7. The predicted molar refractivity (Wildman–Crippen MR) is 42.8 cm³/mol. The Morgan fingerprint density at radius 1 is 1.50 bits per heavy atom. The summed E-state index contributed by atoms with van der Waals surface area (Å²) in [6.45, 7) is 5.29. The highest BCUT2D eigenvalue weighted by atomic mass is 16.6. The maximum absolute atomic E-state index is 10.8. The van der Waals surface area contributed by atoms with Crippen LogP contribution in [0.5, 0.6) is 0 Å². The highest BCUT2D eigenvalue weighted by molar-refractivity contribution is 6.32. The van der Waals surface area contributed by atoms with Gasteiger partial charge in [0.15, 0.2) is 0 Å². The first-order valence-electron chi connectivity index (χ1n) is 3.67. The largest absolute Gasteiger partial charge is 0.453 e. The van der Waals surface area contributed by atoms with Gasteiger partial charge in [0.05, 0.1) is 0 Å². The fourth-order valence-corrected chi connectivity index (χ4v) is 0.428. The van der Waals surface area contributed by atoms with Crippen LogP contribution in [0.4, 0.5) is 0 Å². The molecule has 0 aromatic heterocycles. The Morgan fingerprint density at radius 3 is 2.33 bits per heavy atom. The number of carbonyl (C=O) groups excluding carboxylic acids is 2. The Balaban J connectivity index is 4.09. The van der Waals surface area contributed by atoms with Gasteiger partial charge in [-0.1, -0.05) is 6.92 Å². The maximum Gasteiger partial charge on any atom is 0.398 e. The lowest BCUT2D eigenvalue weighted by Crippen LogP contribution is -2.41. The summed E-state index contributed by atoms with van der Waals surface area (Å²) in [5.74, 6) is 2.84. The number of amides is 1. The molecule has 3 N–H and O–H groups in total. The van der Waals surface area contributed by atoms with Gasteiger partial charge in [-0.2, -0.15) is 0 Å². The van der Waals surface area contributed by atoms with Crippen LogP contribution in [-0.2, 0) is 14.3 Å². The average Bonchev–Trinajstić information content (AvgIpc) is 2.02. The van der Waals surface area contributed by atoms with Gasteiger partial charge in [-0.15, -0.1) is 0 Å². The third-order valence-electron chi connectivity index (χ3n) is 1.54. The molecule has 0 saturated carbocycles. The number of nitrogens with two attached hydrogens (primary N) is 1. The summed E-state index contributed by atoms with van der Waals surface area (Å²) >= 11 is 0. The highest BCUT2D eigenvalue weighted by Crippen LogP contribution is 2.13. The molecule has 5 heteroatoms. The van der Waals surface area contributed by atoms with Crippen molar-refractivity contribution in [2.45, 2.75) is 32.8 Å². The van der Waals surface area contributed by atoms with E-state index < -0.39 is 17.5 Å². The van der Waals surface area contributed by atoms with Gasteiger partial charge in [0.2, 0.25) is 0 Å². The number of esters is 1. The number of hydrogen-bond donors (Lipinski definition) is 2. The molecule has 0 aliphatic heterocycles. The fraction of sp³-hybridized carbons (Fsp3) is 0.714. The van der Waals surface area contributed by atoms with Crippen LogP contribution in [0.3, 0.4) is 0 Å². The van der Waals surface area contributed by atoms with Gasteiger partial charge < -0.3 is 4.74 Å². The summed E-state index contributed by atoms with van der Waals surface area (Å²) in [4.78, 5) is 21.4. The van der Waals surface area contributed by atoms with Gasteiger partial charge in [-0.25, -0.2) is 10.6 Å². The zero-order valence-corrected chi connectivity index (χ0v) is 7.51. The van der Waals surface area contributed by atoms with E-state index in [4.69, 9.17) is 10.6 Å². The SMILES string of the molecule is CCC(C)(C)OC(=O)C(=O)NN. The van der Waals surface area contributed by atoms with Crippen molar-refractivity contribution in [1.82, 2.24) is 5.43 Å². The molecule has 0 unspecified atom stereocenters. The molecule has 0 heterocycles. The lowest BCUT2D eigenvalue weighted by Gasteiger charge is -2.22. The lowest BCUT2D eigenvalue weighted by molar-refractivity contribution is -0.164. The molecule has 0 saturated heterocycles. The second kappa shape index (κ2) is 4.06. The van der Waals surface area contributed by atoms with Gasteiger partial charge >= 0.3 is 11.9 Å². The number of ether oxygens (including phenoxy) is 1. The molecule has 0 aromatic carbocycles. The maximum atomic E-state index is 10.8. The van der Waals surface area contributed by atoms with Crippen LogP contribution in [0, 0.1) is 0 Å². The van der Waals surface area contributed by atoms with Crippen LogP contribution in [-0.4, -0.2) is 17.5 Å². The van der Waals surface area contributed by atoms with E-state index in [0.29, 0.717) is 6.42 Å². The van der Waals surface area contributed by atoms with Gasteiger partial charge in [0.25, 0.3) is 0 Å². The molecule has 0 atom stereocenters. The summed E-state index contributed by atoms with van der Waals surface area (Å²) in [5.41, 5.74) is 1.08. The van der Waals surface area contributed by atoms with Gasteiger partial charge in [-0.05, 0) is 20.3 Å². The van der Waals surface area contributed by atoms with E-state index >= 15 is 0 Å². The topological polar surface area (TPSA) is 81.4 Å². The van der Waals surface area contributed by atoms with Crippen LogP contribution in [0.2, 0.25) is 0 Å². The molecule has 0 spiro atoms. The van der Waals surface area contributed by atoms with Crippen molar-refractivity contribution in [3.63, 3.8) is 0 Å². The Morgan fingerprint density at radius 2 is 2.00 bits per heavy atom. The van der Waals surface area contributed by atoms with Crippen LogP contribution in [0.25, 0.3) is 0 Å². The smallest absolute Gasteiger partial charge is 0.398 e. The molecule has 1 amide bonds. The average molecular weight is 174 g/mol. The van der Waals surface area contributed by atoms with Crippen molar-refractivity contribution < 1.29 is 14.3 Å². The standard InChI is InChI=1S/C7H14N2O3/c1-4-7(2,3)12-6(11)5(10)9-8/h4,8H2,1-3H3,(H,9,10). The van der Waals surface area contributed by atoms with Crippen molar-refractivity contribution >= 4 is 11.9 Å². The third kappa shape index (κ3) is 3.34. The highest BCUT2D eigenvalue weighted by Gasteiger charge is 2.24. The molecule has 0 radical (unpaired) electrons. The molecule has 0 rings (SSSR count). The summed E-state index contributed by atoms with van der Waals surface area (Å²) < 4.78 is 4.81. The summed E-state index contributed by atoms with van der Waals surface area (Å²) in [7, 11) is 0. The molecule has 0 aromatic rings. The molecule has 0 aliphatic carbocycles. The van der Waals surface area contributed by atoms with E-state index in [2.05, 4.69) is 0 Å². The minimum atomic E-state index is -0.954. The second-order valence-electron chi connectivity index (χ2n) is 2.98. The Bertz CT molecular complexity index is 189. The number of hydrazine groups is 1. The van der Waals surface area contributed by atoms with E-state index in [1.807, 2.05) is 6.92 Å². The van der Waals surface area contributed by atoms with E-state index in [1.165, 1.54) is 0 Å². The Kier molecular flexibility index (Phi) is 3.69. The number of nitrogens with one attached hydrogen (secondary N) is 1. The van der Waals surface area contributed by atoms with Crippen molar-refractivity contribution in [2.75, 3.05) is 0 Å². The first kappa shape index (κ1) is 10.9. The van der Waals surface area contributed by atoms with Crippen molar-refractivity contribution in [3.05, 3.63) is 0 Å². The van der Waals surface area contributed by atoms with Gasteiger partial charge in [0.1, 0.15) is 5.60 Å². The van der Waals surface area contributed by atoms with E-state index in [9.17, 15) is 9.59 Å². The van der Waals surface area contributed by atoms with E-state index in [-0.39, 0.29) is 0 Å². The summed E-state index contributed by atoms with van der Waals surface area (Å²) in [6.07, 6.45) is 0.636. The molecule has 0 fully saturated rings. The van der Waals surface area contributed by atoms with Crippen LogP contribution in [0.15, 0.2) is 0 Å². The van der Waals surface area contributed by atoms with Gasteiger partial charge in [0, 0.05) is 0 Å². The number of rotatable bonds is 2. The van der Waals surface area contributed by atoms with Crippen LogP contribution >= 0.6 is 0 Å². The second-order valence-corrected chi connectivity index (χ2v) is 2.98. The molecule has 70 valence electrons. The first-order valence-corrected chi connectivity index (χ1v) is 3.67. The van der Waals surface area contributed by atoms with Crippen molar-refractivity contribution in [3.8, 4) is 0 Å². The first-order chi connectivity index (χ1) is 5.43. The molecule has 0 bridgehead atoms. The molecule has 0 aliphatic rings. The Hall–Kier alpha value is -1.10. The van der Waals surface area contributed by atoms with Crippen LogP contribution in [0.1, 0.15) is 27.2 Å². The van der Waals surface area contributed by atoms with Gasteiger partial charge in [-0.3, -0.25) is 10.2 Å². The summed E-state index contributed by atoms with van der Waals surface area (Å²) in [5, 5.41) is 0. The lowest BCUT2D eigenvalue weighted by atomic mass is 10.1. The minimum Gasteiger partial charge on any atom is -0.453 e. The predicted octanol–water partition coefficient (Wildman–Crippen LogP) is -0.292. The number of hydrogen-bond acceptors (Lipinski definition) is 4. The van der Waals surface area contributed by atoms with Crippen molar-refractivity contribution in [2.24, 2.45) is 5.84 Å². The number of carbonyl (C=O) groups is 2. The molecular weight excluding hydrogens is 160 g/mol. The van der Waals surface area contributed by atoms with E-state index in [0.717, 1.165) is 0 Å². The van der Waals surface area contributed by atoms with Crippen LogP contribution < -0.4 is 11.3 Å². The molecular formula is C7H14N2O3. The monoisotopic (exact) mass is 174 g/mol.